The van der Waals surface area contributed by atoms with E-state index in [1.807, 2.05) is 0 Å². The van der Waals surface area contributed by atoms with Crippen molar-refractivity contribution in [2.24, 2.45) is 5.73 Å². The molecule has 2 nitrogen and oxygen atoms in total. The highest BCUT2D eigenvalue weighted by molar-refractivity contribution is 5.69. The van der Waals surface area contributed by atoms with Crippen molar-refractivity contribution in [2.45, 2.75) is 19.1 Å². The average molecular weight is 335 g/mol. The molecule has 0 saturated carbocycles. The molecule has 0 atom stereocenters. The topological polar surface area (TPSA) is 35.2 Å². The first kappa shape index (κ1) is 17.1. The molecule has 0 aromatic heterocycles. The molecule has 0 heterocycles. The Morgan fingerprint density at radius 1 is 0.870 bits per heavy atom. The minimum Gasteiger partial charge on any atom is -0.406 e. The fourth-order valence-corrected chi connectivity index (χ4v) is 2.04. The predicted octanol–water partition coefficient (Wildman–Crippen LogP) is 4.73. The van der Waals surface area contributed by atoms with Gasteiger partial charge < -0.3 is 10.5 Å². The lowest BCUT2D eigenvalue weighted by atomic mass is 9.97. The van der Waals surface area contributed by atoms with Gasteiger partial charge in [0.05, 0.1) is 5.56 Å². The number of hydrogen-bond donors (Lipinski definition) is 1. The van der Waals surface area contributed by atoms with Crippen molar-refractivity contribution in [3.63, 3.8) is 0 Å². The Balaban J connectivity index is 2.40. The van der Waals surface area contributed by atoms with Crippen LogP contribution in [0.2, 0.25) is 0 Å². The Kier molecular flexibility index (Phi) is 4.56. The minimum absolute atomic E-state index is 0.00568. The normalized spacial score (nSPS) is 12.3. The zero-order valence-electron chi connectivity index (χ0n) is 11.5. The Morgan fingerprint density at radius 2 is 1.48 bits per heavy atom. The number of nitrogens with two attached hydrogens (primary N) is 1. The van der Waals surface area contributed by atoms with Crippen molar-refractivity contribution in [3.8, 4) is 16.9 Å². The number of hydrogen-bond acceptors (Lipinski definition) is 2. The molecular formula is C15H11F6NO. The lowest BCUT2D eigenvalue weighted by Crippen LogP contribution is -2.16. The molecular weight excluding hydrogens is 324 g/mol. The van der Waals surface area contributed by atoms with Gasteiger partial charge in [0.25, 0.3) is 0 Å². The van der Waals surface area contributed by atoms with Crippen LogP contribution in [0.15, 0.2) is 42.5 Å². The zero-order chi connectivity index (χ0) is 17.3. The first-order valence-corrected chi connectivity index (χ1v) is 6.36. The molecule has 2 rings (SSSR count). The standard InChI is InChI=1S/C15H11F6NO/c16-14(17,18)11-4-1-10(8-22)13(7-11)9-2-5-12(6-3-9)23-15(19,20)21/h1-7H,8,22H2. The molecule has 8 heteroatoms. The van der Waals surface area contributed by atoms with Crippen LogP contribution in [-0.2, 0) is 12.7 Å². The number of ether oxygens (including phenoxy) is 1. The summed E-state index contributed by atoms with van der Waals surface area (Å²) in [6, 6.07) is 7.63. The SMILES string of the molecule is NCc1ccc(C(F)(F)F)cc1-c1ccc(OC(F)(F)F)cc1. The summed E-state index contributed by atoms with van der Waals surface area (Å²) in [6.45, 7) is -0.00568. The van der Waals surface area contributed by atoms with Crippen molar-refractivity contribution < 1.29 is 31.1 Å². The van der Waals surface area contributed by atoms with Crippen molar-refractivity contribution in [1.82, 2.24) is 0 Å². The van der Waals surface area contributed by atoms with Gasteiger partial charge in [-0.05, 0) is 41.0 Å². The third kappa shape index (κ3) is 4.38. The van der Waals surface area contributed by atoms with Gasteiger partial charge in [-0.15, -0.1) is 13.2 Å². The Labute approximate surface area is 127 Å². The van der Waals surface area contributed by atoms with E-state index in [1.165, 1.54) is 18.2 Å². The highest BCUT2D eigenvalue weighted by atomic mass is 19.4. The van der Waals surface area contributed by atoms with E-state index in [4.69, 9.17) is 5.73 Å². The highest BCUT2D eigenvalue weighted by Crippen LogP contribution is 2.35. The summed E-state index contributed by atoms with van der Waals surface area (Å²) in [6.07, 6.45) is -9.36. The van der Waals surface area contributed by atoms with Gasteiger partial charge in [0.15, 0.2) is 0 Å². The van der Waals surface area contributed by atoms with Crippen molar-refractivity contribution in [3.05, 3.63) is 53.6 Å². The summed E-state index contributed by atoms with van der Waals surface area (Å²) >= 11 is 0. The van der Waals surface area contributed by atoms with E-state index in [9.17, 15) is 26.3 Å². The maximum atomic E-state index is 12.8. The van der Waals surface area contributed by atoms with Crippen molar-refractivity contribution in [1.29, 1.82) is 0 Å². The van der Waals surface area contributed by atoms with Gasteiger partial charge in [0.2, 0.25) is 0 Å². The smallest absolute Gasteiger partial charge is 0.406 e. The van der Waals surface area contributed by atoms with Crippen molar-refractivity contribution in [2.75, 3.05) is 0 Å². The summed E-state index contributed by atoms with van der Waals surface area (Å²) in [7, 11) is 0. The van der Waals surface area contributed by atoms with Crippen LogP contribution < -0.4 is 10.5 Å². The minimum atomic E-state index is -4.83. The monoisotopic (exact) mass is 335 g/mol. The second-order valence-electron chi connectivity index (χ2n) is 4.65. The molecule has 124 valence electrons. The molecule has 0 spiro atoms. The van der Waals surface area contributed by atoms with Gasteiger partial charge in [0, 0.05) is 6.54 Å². The first-order chi connectivity index (χ1) is 10.6. The molecule has 0 aliphatic rings. The Hall–Kier alpha value is -2.22. The molecule has 2 aromatic carbocycles. The molecule has 23 heavy (non-hydrogen) atoms. The fourth-order valence-electron chi connectivity index (χ4n) is 2.04. The van der Waals surface area contributed by atoms with Crippen LogP contribution in [-0.4, -0.2) is 6.36 Å². The van der Waals surface area contributed by atoms with Crippen LogP contribution in [0.1, 0.15) is 11.1 Å². The number of benzene rings is 2. The predicted molar refractivity (Wildman–Crippen MR) is 71.5 cm³/mol. The molecule has 0 aliphatic carbocycles. The van der Waals surface area contributed by atoms with E-state index >= 15 is 0 Å². The number of rotatable bonds is 3. The molecule has 0 bridgehead atoms. The second-order valence-corrected chi connectivity index (χ2v) is 4.65. The van der Waals surface area contributed by atoms with Crippen LogP contribution >= 0.6 is 0 Å². The molecule has 2 N–H and O–H groups in total. The van der Waals surface area contributed by atoms with Crippen LogP contribution in [0.4, 0.5) is 26.3 Å². The van der Waals surface area contributed by atoms with E-state index in [0.717, 1.165) is 24.3 Å². The van der Waals surface area contributed by atoms with Crippen molar-refractivity contribution >= 4 is 0 Å². The van der Waals surface area contributed by atoms with Gasteiger partial charge in [-0.2, -0.15) is 13.2 Å². The van der Waals surface area contributed by atoms with Gasteiger partial charge in [-0.25, -0.2) is 0 Å². The number of alkyl halides is 6. The van der Waals surface area contributed by atoms with E-state index in [1.54, 1.807) is 0 Å². The van der Waals surface area contributed by atoms with E-state index in [2.05, 4.69) is 4.74 Å². The molecule has 0 amide bonds. The van der Waals surface area contributed by atoms with Gasteiger partial charge in [0.1, 0.15) is 5.75 Å². The summed E-state index contributed by atoms with van der Waals surface area (Å²) in [4.78, 5) is 0. The number of halogens is 6. The summed E-state index contributed by atoms with van der Waals surface area (Å²) in [5.74, 6) is -0.456. The van der Waals surface area contributed by atoms with Crippen LogP contribution in [0.5, 0.6) is 5.75 Å². The quantitative estimate of drug-likeness (QED) is 0.823. The van der Waals surface area contributed by atoms with Gasteiger partial charge in [-0.1, -0.05) is 18.2 Å². The van der Waals surface area contributed by atoms with E-state index < -0.39 is 23.9 Å². The fraction of sp³-hybridized carbons (Fsp3) is 0.200. The second kappa shape index (κ2) is 6.11. The summed E-state index contributed by atoms with van der Waals surface area (Å²) < 4.78 is 78.4. The molecule has 0 unspecified atom stereocenters. The molecule has 0 radical (unpaired) electrons. The van der Waals surface area contributed by atoms with Crippen LogP contribution in [0.25, 0.3) is 11.1 Å². The van der Waals surface area contributed by atoms with Crippen LogP contribution in [0.3, 0.4) is 0 Å². The molecule has 2 aromatic rings. The molecule has 0 saturated heterocycles. The van der Waals surface area contributed by atoms with Gasteiger partial charge in [-0.3, -0.25) is 0 Å². The third-order valence-corrected chi connectivity index (χ3v) is 3.06. The van der Waals surface area contributed by atoms with E-state index in [0.29, 0.717) is 11.1 Å². The summed E-state index contributed by atoms with van der Waals surface area (Å²) in [5.41, 5.74) is 5.61. The average Bonchev–Trinajstić information content (AvgIpc) is 2.45. The zero-order valence-corrected chi connectivity index (χ0v) is 11.5. The third-order valence-electron chi connectivity index (χ3n) is 3.06. The first-order valence-electron chi connectivity index (χ1n) is 6.36. The van der Waals surface area contributed by atoms with E-state index in [-0.39, 0.29) is 12.1 Å². The lowest BCUT2D eigenvalue weighted by Gasteiger charge is -2.14. The van der Waals surface area contributed by atoms with Gasteiger partial charge >= 0.3 is 12.5 Å². The molecule has 0 aliphatic heterocycles. The molecule has 0 fully saturated rings. The largest absolute Gasteiger partial charge is 0.573 e. The Morgan fingerprint density at radius 3 is 1.96 bits per heavy atom. The summed E-state index contributed by atoms with van der Waals surface area (Å²) in [5, 5.41) is 0. The lowest BCUT2D eigenvalue weighted by molar-refractivity contribution is -0.274. The Bertz CT molecular complexity index is 676. The maximum absolute atomic E-state index is 12.8. The highest BCUT2D eigenvalue weighted by Gasteiger charge is 2.32. The van der Waals surface area contributed by atoms with Crippen LogP contribution in [0, 0.1) is 0 Å². The maximum Gasteiger partial charge on any atom is 0.573 e.